The van der Waals surface area contributed by atoms with E-state index in [1.807, 2.05) is 12.1 Å². The number of rotatable bonds is 6. The molecule has 2 aromatic heterocycles. The first kappa shape index (κ1) is 22.3. The van der Waals surface area contributed by atoms with Crippen LogP contribution in [0.4, 0.5) is 17.1 Å². The predicted octanol–water partition coefficient (Wildman–Crippen LogP) is 2.68. The van der Waals surface area contributed by atoms with Crippen molar-refractivity contribution in [1.29, 1.82) is 0 Å². The summed E-state index contributed by atoms with van der Waals surface area (Å²) in [6.07, 6.45) is 6.46. The van der Waals surface area contributed by atoms with E-state index < -0.39 is 10.0 Å². The smallest absolute Gasteiger partial charge is 0.257 e. The number of fused-ring (bicyclic) bond motifs is 2. The molecular weight excluding hydrogens is 452 g/mol. The van der Waals surface area contributed by atoms with E-state index in [9.17, 15) is 13.2 Å². The van der Waals surface area contributed by atoms with Crippen LogP contribution in [0, 0.1) is 0 Å². The molecule has 5 rings (SSSR count). The van der Waals surface area contributed by atoms with Crippen molar-refractivity contribution in [3.8, 4) is 0 Å². The van der Waals surface area contributed by atoms with Gasteiger partial charge in [0.25, 0.3) is 5.91 Å². The molecule has 0 bridgehead atoms. The first-order valence-electron chi connectivity index (χ1n) is 11.1. The molecule has 34 heavy (non-hydrogen) atoms. The number of pyridine rings is 1. The average Bonchev–Trinajstić information content (AvgIpc) is 3.36. The lowest BCUT2D eigenvalue weighted by Gasteiger charge is -2.21. The topological polar surface area (TPSA) is 108 Å². The summed E-state index contributed by atoms with van der Waals surface area (Å²) < 4.78 is 25.6. The van der Waals surface area contributed by atoms with Gasteiger partial charge in [0.1, 0.15) is 0 Å². The van der Waals surface area contributed by atoms with Gasteiger partial charge in [-0.1, -0.05) is 12.1 Å². The molecule has 1 aliphatic heterocycles. The Kier molecular flexibility index (Phi) is 5.47. The van der Waals surface area contributed by atoms with Crippen molar-refractivity contribution in [2.45, 2.75) is 32.2 Å². The lowest BCUT2D eigenvalue weighted by Crippen LogP contribution is -2.25. The molecular formula is C24H26N6O3S. The van der Waals surface area contributed by atoms with Gasteiger partial charge in [-0.05, 0) is 37.5 Å². The number of aryl methyl sites for hydroxylation is 2. The predicted molar refractivity (Wildman–Crippen MR) is 130 cm³/mol. The second-order valence-corrected chi connectivity index (χ2v) is 10.8. The van der Waals surface area contributed by atoms with Crippen LogP contribution in [0.5, 0.6) is 0 Å². The van der Waals surface area contributed by atoms with E-state index in [0.29, 0.717) is 41.3 Å². The highest BCUT2D eigenvalue weighted by Gasteiger charge is 2.30. The molecule has 0 spiro atoms. The second-order valence-electron chi connectivity index (χ2n) is 8.80. The third-order valence-corrected chi connectivity index (χ3v) is 7.47. The van der Waals surface area contributed by atoms with E-state index in [1.165, 1.54) is 11.4 Å². The molecule has 0 atom stereocenters. The van der Waals surface area contributed by atoms with Gasteiger partial charge < -0.3 is 10.2 Å². The summed E-state index contributed by atoms with van der Waals surface area (Å²) in [6.45, 7) is 0.414. The molecule has 1 amide bonds. The Morgan fingerprint density at radius 1 is 1.06 bits per heavy atom. The van der Waals surface area contributed by atoms with E-state index in [1.54, 1.807) is 36.3 Å². The fraction of sp³-hybridized carbons (Fsp3) is 0.333. The van der Waals surface area contributed by atoms with E-state index >= 15 is 0 Å². The van der Waals surface area contributed by atoms with Gasteiger partial charge >= 0.3 is 0 Å². The van der Waals surface area contributed by atoms with Crippen LogP contribution in [0.2, 0.25) is 0 Å². The molecule has 176 valence electrons. The molecule has 0 saturated heterocycles. The number of aromatic nitrogens is 3. The van der Waals surface area contributed by atoms with E-state index in [2.05, 4.69) is 10.3 Å². The minimum atomic E-state index is -3.47. The van der Waals surface area contributed by atoms with E-state index in [0.717, 1.165) is 48.3 Å². The number of para-hydroxylation sites is 2. The maximum Gasteiger partial charge on any atom is 0.257 e. The first-order chi connectivity index (χ1) is 16.2. The van der Waals surface area contributed by atoms with Crippen molar-refractivity contribution in [3.63, 3.8) is 0 Å². The summed E-state index contributed by atoms with van der Waals surface area (Å²) in [7, 11) is -0.221. The third kappa shape index (κ3) is 4.09. The third-order valence-electron chi connectivity index (χ3n) is 6.28. The summed E-state index contributed by atoms with van der Waals surface area (Å²) in [5.74, 6) is -0.122. The Morgan fingerprint density at radius 3 is 2.59 bits per heavy atom. The highest BCUT2D eigenvalue weighted by Crippen LogP contribution is 2.34. The number of carbonyl (C=O) groups is 1. The van der Waals surface area contributed by atoms with Crippen molar-refractivity contribution in [1.82, 2.24) is 19.9 Å². The van der Waals surface area contributed by atoms with Crippen LogP contribution in [0.15, 0.2) is 36.5 Å². The van der Waals surface area contributed by atoms with E-state index in [4.69, 9.17) is 9.97 Å². The van der Waals surface area contributed by atoms with Crippen LogP contribution in [0.1, 0.15) is 45.2 Å². The highest BCUT2D eigenvalue weighted by molar-refractivity contribution is 7.92. The number of benzene rings is 1. The zero-order valence-electron chi connectivity index (χ0n) is 19.4. The Bertz CT molecular complexity index is 1410. The van der Waals surface area contributed by atoms with Gasteiger partial charge in [0.15, 0.2) is 0 Å². The number of hydrogen-bond donors (Lipinski definition) is 1. The summed E-state index contributed by atoms with van der Waals surface area (Å²) in [6, 6.07) is 8.95. The van der Waals surface area contributed by atoms with Gasteiger partial charge in [0.05, 0.1) is 58.2 Å². The molecule has 10 heteroatoms. The maximum atomic E-state index is 12.9. The largest absolute Gasteiger partial charge is 0.353 e. The normalized spacial score (nSPS) is 14.8. The van der Waals surface area contributed by atoms with Crippen LogP contribution in [-0.4, -0.2) is 54.5 Å². The van der Waals surface area contributed by atoms with Gasteiger partial charge in [0.2, 0.25) is 10.0 Å². The maximum absolute atomic E-state index is 12.9. The molecule has 9 nitrogen and oxygen atoms in total. The molecule has 3 heterocycles. The van der Waals surface area contributed by atoms with Gasteiger partial charge in [-0.3, -0.25) is 24.1 Å². The van der Waals surface area contributed by atoms with Crippen molar-refractivity contribution < 1.29 is 13.2 Å². The fourth-order valence-corrected chi connectivity index (χ4v) is 4.98. The minimum absolute atomic E-state index is 0.122. The standard InChI is InChI=1S/C24H26N6O3S/c1-29-14-21-23(24(29)31)20(28-19-7-4-5-10-22(19)30(2)34(3,32)33)12-15(26-21)11-16-13-25-17-8-6-9-18(17)27-16/h4-5,7,10,12-13H,6,8-9,11,14H2,1-3H3,(H,26,28). The Labute approximate surface area is 198 Å². The Hall–Kier alpha value is -3.53. The second kappa shape index (κ2) is 8.35. The summed E-state index contributed by atoms with van der Waals surface area (Å²) in [5, 5.41) is 3.32. The van der Waals surface area contributed by atoms with Gasteiger partial charge in [-0.2, -0.15) is 0 Å². The van der Waals surface area contributed by atoms with Crippen molar-refractivity contribution in [2.75, 3.05) is 30.0 Å². The van der Waals surface area contributed by atoms with Gasteiger partial charge in [0, 0.05) is 32.4 Å². The number of sulfonamides is 1. The zero-order valence-corrected chi connectivity index (χ0v) is 20.2. The summed E-state index contributed by atoms with van der Waals surface area (Å²) in [5.41, 5.74) is 6.60. The Balaban J connectivity index is 1.54. The molecule has 0 unspecified atom stereocenters. The number of amides is 1. The summed E-state index contributed by atoms with van der Waals surface area (Å²) in [4.78, 5) is 28.6. The lowest BCUT2D eigenvalue weighted by molar-refractivity contribution is 0.0817. The molecule has 3 aromatic rings. The van der Waals surface area contributed by atoms with Crippen LogP contribution >= 0.6 is 0 Å². The van der Waals surface area contributed by atoms with Crippen LogP contribution in [0.3, 0.4) is 0 Å². The number of nitrogens with zero attached hydrogens (tertiary/aromatic N) is 5. The molecule has 1 N–H and O–H groups in total. The molecule has 0 saturated carbocycles. The SMILES string of the molecule is CN1Cc2nc(Cc3cnc4c(n3)CCC4)cc(Nc3ccccc3N(C)S(C)(=O)=O)c2C1=O. The average molecular weight is 479 g/mol. The molecule has 0 fully saturated rings. The van der Waals surface area contributed by atoms with E-state index in [-0.39, 0.29) is 5.91 Å². The highest BCUT2D eigenvalue weighted by atomic mass is 32.2. The van der Waals surface area contributed by atoms with Crippen LogP contribution in [-0.2, 0) is 35.8 Å². The molecule has 1 aromatic carbocycles. The zero-order chi connectivity index (χ0) is 24.0. The summed E-state index contributed by atoms with van der Waals surface area (Å²) >= 11 is 0. The van der Waals surface area contributed by atoms with Crippen LogP contribution < -0.4 is 9.62 Å². The van der Waals surface area contributed by atoms with Crippen LogP contribution in [0.25, 0.3) is 0 Å². The number of carbonyl (C=O) groups excluding carboxylic acids is 1. The molecule has 0 radical (unpaired) electrons. The lowest BCUT2D eigenvalue weighted by atomic mass is 10.1. The minimum Gasteiger partial charge on any atom is -0.353 e. The monoisotopic (exact) mass is 478 g/mol. The van der Waals surface area contributed by atoms with Crippen molar-refractivity contribution >= 4 is 33.0 Å². The van der Waals surface area contributed by atoms with Crippen molar-refractivity contribution in [3.05, 3.63) is 70.6 Å². The first-order valence-corrected chi connectivity index (χ1v) is 13.0. The van der Waals surface area contributed by atoms with Gasteiger partial charge in [-0.25, -0.2) is 8.42 Å². The van der Waals surface area contributed by atoms with Crippen molar-refractivity contribution in [2.24, 2.45) is 0 Å². The Morgan fingerprint density at radius 2 is 1.79 bits per heavy atom. The number of hydrogen-bond acceptors (Lipinski definition) is 7. The molecule has 1 aliphatic carbocycles. The quantitative estimate of drug-likeness (QED) is 0.580. The van der Waals surface area contributed by atoms with Gasteiger partial charge in [-0.15, -0.1) is 0 Å². The number of anilines is 3. The fourth-order valence-electron chi connectivity index (χ4n) is 4.46. The molecule has 2 aliphatic rings. The number of nitrogens with one attached hydrogen (secondary N) is 1.